The van der Waals surface area contributed by atoms with E-state index in [1.807, 2.05) is 67.6 Å². The summed E-state index contributed by atoms with van der Waals surface area (Å²) in [6.45, 7) is 2.59. The summed E-state index contributed by atoms with van der Waals surface area (Å²) < 4.78 is 0. The summed E-state index contributed by atoms with van der Waals surface area (Å²) in [5.74, 6) is 0. The number of nitrogens with one attached hydrogen (secondary N) is 1. The van der Waals surface area contributed by atoms with Gasteiger partial charge in [0.15, 0.2) is 0 Å². The van der Waals surface area contributed by atoms with Crippen LogP contribution in [0.2, 0.25) is 0 Å². The molecule has 0 saturated heterocycles. The van der Waals surface area contributed by atoms with E-state index in [2.05, 4.69) is 25.3 Å². The summed E-state index contributed by atoms with van der Waals surface area (Å²) >= 11 is 0. The van der Waals surface area contributed by atoms with E-state index >= 15 is 0 Å². The van der Waals surface area contributed by atoms with Gasteiger partial charge in [-0.05, 0) is 61.0 Å². The molecule has 2 N–H and O–H groups in total. The minimum absolute atomic E-state index is 0. The Morgan fingerprint density at radius 2 is 1.33 bits per heavy atom. The molecule has 4 rings (SSSR count). The number of anilines is 1. The summed E-state index contributed by atoms with van der Waals surface area (Å²) in [6, 6.07) is 19.2. The maximum absolute atomic E-state index is 9.00. The van der Waals surface area contributed by atoms with Crippen molar-refractivity contribution in [1.29, 1.82) is 0 Å². The van der Waals surface area contributed by atoms with Gasteiger partial charge in [0.25, 0.3) is 0 Å². The van der Waals surface area contributed by atoms with Gasteiger partial charge < -0.3 is 10.4 Å². The number of aryl methyl sites for hydroxylation is 1. The third-order valence-electron chi connectivity index (χ3n) is 3.97. The Bertz CT molecular complexity index is 944. The van der Waals surface area contributed by atoms with Crippen LogP contribution in [0.25, 0.3) is 22.8 Å². The molecular formula is C23H23N5OPt. The zero-order chi connectivity index (χ0) is 20.3. The van der Waals surface area contributed by atoms with Gasteiger partial charge in [0.1, 0.15) is 0 Å². The van der Waals surface area contributed by atoms with Crippen LogP contribution in [0.4, 0.5) is 5.69 Å². The van der Waals surface area contributed by atoms with Gasteiger partial charge >= 0.3 is 0 Å². The molecule has 4 heterocycles. The Balaban J connectivity index is 0.000000341. The molecule has 0 atom stereocenters. The van der Waals surface area contributed by atoms with Gasteiger partial charge in [-0.1, -0.05) is 12.1 Å². The molecule has 0 fully saturated rings. The Hall–Kier alpha value is -2.95. The fraction of sp³-hybridized carbons (Fsp3) is 0.130. The predicted molar refractivity (Wildman–Crippen MR) is 115 cm³/mol. The topological polar surface area (TPSA) is 83.8 Å². The molecule has 0 bridgehead atoms. The average Bonchev–Trinajstić information content (AvgIpc) is 2.80. The molecule has 0 saturated carbocycles. The molecule has 0 aromatic carbocycles. The molecule has 4 aromatic rings. The Labute approximate surface area is 190 Å². The molecule has 0 spiro atoms. The van der Waals surface area contributed by atoms with Crippen molar-refractivity contribution in [3.8, 4) is 22.8 Å². The zero-order valence-electron chi connectivity index (χ0n) is 16.5. The second-order valence-electron chi connectivity index (χ2n) is 6.23. The van der Waals surface area contributed by atoms with Crippen molar-refractivity contribution in [3.05, 3.63) is 91.0 Å². The SMILES string of the molecule is Cc1ccncc1.OCCNc1cc(-c2ccccn2)nc(-c2ccccn2)c1.[Pt]. The number of nitrogens with zero attached hydrogens (tertiary/aromatic N) is 4. The summed E-state index contributed by atoms with van der Waals surface area (Å²) in [5.41, 5.74) is 5.27. The molecule has 4 aromatic heterocycles. The van der Waals surface area contributed by atoms with Gasteiger partial charge in [0, 0.05) is 58.1 Å². The first-order chi connectivity index (χ1) is 14.3. The fourth-order valence-corrected chi connectivity index (χ4v) is 2.55. The second-order valence-corrected chi connectivity index (χ2v) is 6.23. The smallest absolute Gasteiger partial charge is 0.0914 e. The van der Waals surface area contributed by atoms with Gasteiger partial charge in [0.05, 0.1) is 29.4 Å². The molecule has 0 aliphatic carbocycles. The Kier molecular flexibility index (Phi) is 9.78. The van der Waals surface area contributed by atoms with Crippen molar-refractivity contribution in [2.75, 3.05) is 18.5 Å². The number of aliphatic hydroxyl groups is 1. The number of aliphatic hydroxyl groups excluding tert-OH is 1. The fourth-order valence-electron chi connectivity index (χ4n) is 2.55. The molecule has 0 amide bonds. The monoisotopic (exact) mass is 580 g/mol. The van der Waals surface area contributed by atoms with Gasteiger partial charge in [-0.3, -0.25) is 15.0 Å². The molecule has 0 aliphatic heterocycles. The van der Waals surface area contributed by atoms with Gasteiger partial charge in [-0.25, -0.2) is 4.98 Å². The Morgan fingerprint density at radius 3 is 1.73 bits per heavy atom. The number of pyridine rings is 4. The van der Waals surface area contributed by atoms with Crippen LogP contribution in [0.3, 0.4) is 0 Å². The van der Waals surface area contributed by atoms with Crippen LogP contribution in [-0.4, -0.2) is 38.2 Å². The first-order valence-electron chi connectivity index (χ1n) is 9.32. The molecular weight excluding hydrogens is 557 g/mol. The van der Waals surface area contributed by atoms with Gasteiger partial charge in [-0.2, -0.15) is 0 Å². The quantitative estimate of drug-likeness (QED) is 0.372. The molecule has 6 nitrogen and oxygen atoms in total. The predicted octanol–water partition coefficient (Wildman–Crippen LogP) is 4.00. The van der Waals surface area contributed by atoms with Crippen molar-refractivity contribution >= 4 is 5.69 Å². The molecule has 30 heavy (non-hydrogen) atoms. The molecule has 0 aliphatic rings. The summed E-state index contributed by atoms with van der Waals surface area (Å²) in [7, 11) is 0. The van der Waals surface area contributed by atoms with Crippen molar-refractivity contribution in [3.63, 3.8) is 0 Å². The summed E-state index contributed by atoms with van der Waals surface area (Å²) in [5, 5.41) is 12.2. The van der Waals surface area contributed by atoms with Crippen molar-refractivity contribution in [2.24, 2.45) is 0 Å². The average molecular weight is 581 g/mol. The summed E-state index contributed by atoms with van der Waals surface area (Å²) in [4.78, 5) is 17.2. The van der Waals surface area contributed by atoms with E-state index in [1.165, 1.54) is 5.56 Å². The van der Waals surface area contributed by atoms with Crippen LogP contribution < -0.4 is 5.32 Å². The van der Waals surface area contributed by atoms with E-state index in [9.17, 15) is 0 Å². The van der Waals surface area contributed by atoms with Crippen molar-refractivity contribution in [2.45, 2.75) is 6.92 Å². The number of hydrogen-bond donors (Lipinski definition) is 2. The number of aromatic nitrogens is 4. The minimum Gasteiger partial charge on any atom is -0.395 e. The standard InChI is InChI=1S/C17H16N4O.C6H7N.Pt/c22-10-9-18-13-11-16(14-5-1-3-7-19-14)21-17(12-13)15-6-2-4-8-20-15;1-6-2-4-7-5-3-6;/h1-8,11-12,22H,9-10H2,(H,18,21);2-5H,1H3;. The first-order valence-corrected chi connectivity index (χ1v) is 9.32. The van der Waals surface area contributed by atoms with Gasteiger partial charge in [-0.15, -0.1) is 0 Å². The van der Waals surface area contributed by atoms with Crippen LogP contribution >= 0.6 is 0 Å². The van der Waals surface area contributed by atoms with E-state index in [1.54, 1.807) is 24.8 Å². The molecule has 0 radical (unpaired) electrons. The molecule has 156 valence electrons. The third-order valence-corrected chi connectivity index (χ3v) is 3.97. The van der Waals surface area contributed by atoms with Crippen LogP contribution in [-0.2, 0) is 21.1 Å². The number of hydrogen-bond acceptors (Lipinski definition) is 6. The maximum Gasteiger partial charge on any atom is 0.0914 e. The van der Waals surface area contributed by atoms with Gasteiger partial charge in [0.2, 0.25) is 0 Å². The largest absolute Gasteiger partial charge is 0.395 e. The minimum atomic E-state index is 0. The van der Waals surface area contributed by atoms with Crippen LogP contribution in [0.15, 0.2) is 85.5 Å². The maximum atomic E-state index is 9.00. The van der Waals surface area contributed by atoms with E-state index in [0.29, 0.717) is 6.54 Å². The van der Waals surface area contributed by atoms with Crippen LogP contribution in [0.5, 0.6) is 0 Å². The molecule has 7 heteroatoms. The second kappa shape index (κ2) is 12.6. The third kappa shape index (κ3) is 7.14. The zero-order valence-corrected chi connectivity index (χ0v) is 18.8. The van der Waals surface area contributed by atoms with Crippen molar-refractivity contribution in [1.82, 2.24) is 19.9 Å². The van der Waals surface area contributed by atoms with Crippen LogP contribution in [0.1, 0.15) is 5.56 Å². The van der Waals surface area contributed by atoms with E-state index in [-0.39, 0.29) is 27.7 Å². The first kappa shape index (κ1) is 23.3. The van der Waals surface area contributed by atoms with Crippen LogP contribution in [0, 0.1) is 6.92 Å². The van der Waals surface area contributed by atoms with Crippen molar-refractivity contribution < 1.29 is 26.2 Å². The van der Waals surface area contributed by atoms with E-state index < -0.39 is 0 Å². The summed E-state index contributed by atoms with van der Waals surface area (Å²) in [6.07, 6.45) is 7.06. The van der Waals surface area contributed by atoms with E-state index in [0.717, 1.165) is 28.5 Å². The number of rotatable bonds is 5. The Morgan fingerprint density at radius 1 is 0.767 bits per heavy atom. The molecule has 0 unspecified atom stereocenters. The normalized spacial score (nSPS) is 9.67. The van der Waals surface area contributed by atoms with E-state index in [4.69, 9.17) is 5.11 Å².